The highest BCUT2D eigenvalue weighted by Gasteiger charge is 2.20. The van der Waals surface area contributed by atoms with Gasteiger partial charge in [-0.1, -0.05) is 29.4 Å². The molecule has 0 saturated heterocycles. The Balaban J connectivity index is 2.12. The Kier molecular flexibility index (Phi) is 6.82. The van der Waals surface area contributed by atoms with E-state index in [0.29, 0.717) is 16.4 Å². The van der Waals surface area contributed by atoms with Crippen LogP contribution in [0.25, 0.3) is 0 Å². The van der Waals surface area contributed by atoms with E-state index in [9.17, 15) is 14.4 Å². The van der Waals surface area contributed by atoms with Gasteiger partial charge in [-0.05, 0) is 38.5 Å². The van der Waals surface area contributed by atoms with E-state index in [4.69, 9.17) is 16.3 Å². The highest BCUT2D eigenvalue weighted by atomic mass is 35.5. The smallest absolute Gasteiger partial charge is 0.346 e. The number of benzene rings is 1. The Bertz CT molecular complexity index is 898. The molecule has 0 aliphatic carbocycles. The summed E-state index contributed by atoms with van der Waals surface area (Å²) in [6.45, 7) is 5.31. The Morgan fingerprint density at radius 1 is 1.35 bits per heavy atom. The lowest BCUT2D eigenvalue weighted by Crippen LogP contribution is -2.21. The van der Waals surface area contributed by atoms with Crippen LogP contribution in [0.3, 0.4) is 0 Å². The molecule has 7 nitrogen and oxygen atoms in total. The first-order valence-corrected chi connectivity index (χ1v) is 9.15. The lowest BCUT2D eigenvalue weighted by Gasteiger charge is -2.10. The van der Waals surface area contributed by atoms with Crippen molar-refractivity contribution >= 4 is 40.9 Å². The van der Waals surface area contributed by atoms with Crippen LogP contribution in [0.15, 0.2) is 28.0 Å². The molecule has 9 heteroatoms. The molecule has 138 valence electrons. The predicted molar refractivity (Wildman–Crippen MR) is 101 cm³/mol. The van der Waals surface area contributed by atoms with Crippen molar-refractivity contribution in [2.24, 2.45) is 0 Å². The molecule has 0 spiro atoms. The summed E-state index contributed by atoms with van der Waals surface area (Å²) in [5.74, 6) is -0.945. The Hall–Kier alpha value is -2.32. The quantitative estimate of drug-likeness (QED) is 0.443. The lowest BCUT2D eigenvalue weighted by atomic mass is 10.2. The first-order chi connectivity index (χ1) is 12.3. The summed E-state index contributed by atoms with van der Waals surface area (Å²) < 4.78 is 4.99. The van der Waals surface area contributed by atoms with Crippen LogP contribution in [-0.4, -0.2) is 34.2 Å². The summed E-state index contributed by atoms with van der Waals surface area (Å²) in [6.07, 6.45) is 0. The summed E-state index contributed by atoms with van der Waals surface area (Å²) in [5.41, 5.74) is 1.37. The molecule has 0 aliphatic heterocycles. The fourth-order valence-corrected chi connectivity index (χ4v) is 3.16. The summed E-state index contributed by atoms with van der Waals surface area (Å²) in [5, 5.41) is 3.41. The molecule has 0 saturated carbocycles. The monoisotopic (exact) mass is 395 g/mol. The molecular weight excluding hydrogens is 378 g/mol. The first kappa shape index (κ1) is 20.0. The third kappa shape index (κ3) is 5.09. The van der Waals surface area contributed by atoms with Crippen LogP contribution in [0, 0.1) is 13.8 Å². The Morgan fingerprint density at radius 3 is 2.73 bits per heavy atom. The van der Waals surface area contributed by atoms with E-state index < -0.39 is 11.7 Å². The first-order valence-electron chi connectivity index (χ1n) is 7.78. The summed E-state index contributed by atoms with van der Waals surface area (Å²) in [6, 6.07) is 5.19. The molecule has 1 aromatic carbocycles. The predicted octanol–water partition coefficient (Wildman–Crippen LogP) is 2.95. The molecule has 0 aliphatic rings. The second kappa shape index (κ2) is 8.86. The third-order valence-electron chi connectivity index (χ3n) is 3.36. The van der Waals surface area contributed by atoms with Crippen LogP contribution in [-0.2, 0) is 9.53 Å². The molecule has 0 bridgehead atoms. The second-order valence-electron chi connectivity index (χ2n) is 5.37. The number of H-pyrrole nitrogens is 1. The zero-order valence-corrected chi connectivity index (χ0v) is 16.1. The average Bonchev–Trinajstić information content (AvgIpc) is 2.56. The molecule has 1 aromatic heterocycles. The largest absolute Gasteiger partial charge is 0.462 e. The van der Waals surface area contributed by atoms with Crippen molar-refractivity contribution < 1.29 is 14.3 Å². The number of nitrogens with one attached hydrogen (secondary N) is 2. The van der Waals surface area contributed by atoms with Crippen molar-refractivity contribution in [1.82, 2.24) is 9.97 Å². The Morgan fingerprint density at radius 2 is 2.08 bits per heavy atom. The molecule has 2 aromatic rings. The number of halogens is 1. The van der Waals surface area contributed by atoms with Gasteiger partial charge in [-0.15, -0.1) is 0 Å². The lowest BCUT2D eigenvalue weighted by molar-refractivity contribution is -0.113. The van der Waals surface area contributed by atoms with E-state index in [1.807, 2.05) is 6.92 Å². The third-order valence-corrected chi connectivity index (χ3v) is 4.74. The molecule has 2 rings (SSSR count). The van der Waals surface area contributed by atoms with E-state index in [2.05, 4.69) is 15.3 Å². The van der Waals surface area contributed by atoms with Gasteiger partial charge < -0.3 is 15.0 Å². The van der Waals surface area contributed by atoms with Gasteiger partial charge in [0.2, 0.25) is 5.91 Å². The number of carbonyl (C=O) groups excluding carboxylic acids is 2. The van der Waals surface area contributed by atoms with Gasteiger partial charge in [-0.3, -0.25) is 4.79 Å². The molecular formula is C17H18ClN3O4S. The highest BCUT2D eigenvalue weighted by Crippen LogP contribution is 2.23. The number of ether oxygens (including phenoxy) is 1. The zero-order chi connectivity index (χ0) is 19.3. The number of carbonyl (C=O) groups is 2. The van der Waals surface area contributed by atoms with E-state index >= 15 is 0 Å². The van der Waals surface area contributed by atoms with Crippen molar-refractivity contribution in [2.75, 3.05) is 17.7 Å². The van der Waals surface area contributed by atoms with Crippen molar-refractivity contribution in [1.29, 1.82) is 0 Å². The van der Waals surface area contributed by atoms with Crippen LogP contribution in [0.2, 0.25) is 5.02 Å². The number of hydrogen-bond donors (Lipinski definition) is 2. The number of rotatable bonds is 6. The second-order valence-corrected chi connectivity index (χ2v) is 6.74. The van der Waals surface area contributed by atoms with Crippen LogP contribution >= 0.6 is 23.4 Å². The fourth-order valence-electron chi connectivity index (χ4n) is 2.11. The van der Waals surface area contributed by atoms with Crippen molar-refractivity contribution in [2.45, 2.75) is 25.8 Å². The zero-order valence-electron chi connectivity index (χ0n) is 14.5. The van der Waals surface area contributed by atoms with Gasteiger partial charge in [0, 0.05) is 16.4 Å². The molecule has 26 heavy (non-hydrogen) atoms. The highest BCUT2D eigenvalue weighted by molar-refractivity contribution is 8.00. The summed E-state index contributed by atoms with van der Waals surface area (Å²) >= 11 is 7.02. The van der Waals surface area contributed by atoms with E-state index in [1.165, 1.54) is 0 Å². The minimum atomic E-state index is -0.595. The number of aromatic amines is 1. The number of hydrogen-bond acceptors (Lipinski definition) is 6. The molecule has 0 unspecified atom stereocenters. The standard InChI is InChI=1S/C17H18ClN3O4S/c1-4-25-16(23)14-10(3)19-17(24)21-15(14)26-8-13(22)20-11-6-5-9(2)12(18)7-11/h5-7H,4,8H2,1-3H3,(H,20,22)(H,19,21,24). The molecule has 0 fully saturated rings. The van der Waals surface area contributed by atoms with Crippen LogP contribution < -0.4 is 11.0 Å². The average molecular weight is 396 g/mol. The van der Waals surface area contributed by atoms with Crippen molar-refractivity contribution in [3.63, 3.8) is 0 Å². The minimum Gasteiger partial charge on any atom is -0.462 e. The van der Waals surface area contributed by atoms with E-state index in [0.717, 1.165) is 17.3 Å². The maximum atomic E-state index is 12.2. The topological polar surface area (TPSA) is 101 Å². The van der Waals surface area contributed by atoms with Crippen molar-refractivity contribution in [3.8, 4) is 0 Å². The number of aryl methyl sites for hydroxylation is 2. The van der Waals surface area contributed by atoms with Gasteiger partial charge in [0.05, 0.1) is 12.4 Å². The van der Waals surface area contributed by atoms with Gasteiger partial charge in [-0.25, -0.2) is 9.59 Å². The maximum Gasteiger partial charge on any atom is 0.346 e. The van der Waals surface area contributed by atoms with Gasteiger partial charge in [-0.2, -0.15) is 4.98 Å². The van der Waals surface area contributed by atoms with Crippen LogP contribution in [0.1, 0.15) is 28.5 Å². The number of esters is 1. The van der Waals surface area contributed by atoms with Crippen molar-refractivity contribution in [3.05, 3.63) is 50.5 Å². The molecule has 0 atom stereocenters. The van der Waals surface area contributed by atoms with Gasteiger partial charge in [0.25, 0.3) is 0 Å². The van der Waals surface area contributed by atoms with Gasteiger partial charge in [0.1, 0.15) is 10.6 Å². The minimum absolute atomic E-state index is 0.0339. The summed E-state index contributed by atoms with van der Waals surface area (Å²) in [7, 11) is 0. The van der Waals surface area contributed by atoms with Crippen LogP contribution in [0.5, 0.6) is 0 Å². The number of amides is 1. The molecule has 1 heterocycles. The van der Waals surface area contributed by atoms with E-state index in [-0.39, 0.29) is 28.9 Å². The van der Waals surface area contributed by atoms with Gasteiger partial charge in [0.15, 0.2) is 0 Å². The number of anilines is 1. The number of aromatic nitrogens is 2. The normalized spacial score (nSPS) is 10.5. The molecule has 0 radical (unpaired) electrons. The van der Waals surface area contributed by atoms with E-state index in [1.54, 1.807) is 32.0 Å². The fraction of sp³-hybridized carbons (Fsp3) is 0.294. The molecule has 2 N–H and O–H groups in total. The number of thioether (sulfide) groups is 1. The number of nitrogens with zero attached hydrogens (tertiary/aromatic N) is 1. The summed E-state index contributed by atoms with van der Waals surface area (Å²) in [4.78, 5) is 42.1. The SMILES string of the molecule is CCOC(=O)c1c(SCC(=O)Nc2ccc(C)c(Cl)c2)nc(=O)[nH]c1C. The maximum absolute atomic E-state index is 12.2. The molecule has 1 amide bonds. The van der Waals surface area contributed by atoms with Crippen LogP contribution in [0.4, 0.5) is 5.69 Å². The Labute approximate surface area is 159 Å². The van der Waals surface area contributed by atoms with Gasteiger partial charge >= 0.3 is 11.7 Å².